The van der Waals surface area contributed by atoms with Crippen molar-refractivity contribution in [2.75, 3.05) is 19.8 Å². The molecule has 2 saturated carbocycles. The van der Waals surface area contributed by atoms with Gasteiger partial charge in [0.25, 0.3) is 0 Å². The van der Waals surface area contributed by atoms with Gasteiger partial charge in [-0.15, -0.1) is 0 Å². The van der Waals surface area contributed by atoms with Crippen LogP contribution in [0.5, 0.6) is 0 Å². The Balaban J connectivity index is 1.66. The topological polar surface area (TPSA) is 61.5 Å². The fraction of sp³-hybridized carbons (Fsp3) is 0.938. The Morgan fingerprint density at radius 2 is 1.95 bits per heavy atom. The molecule has 0 amide bonds. The minimum Gasteiger partial charge on any atom is -0.465 e. The molecule has 2 aliphatic rings. The number of esters is 1. The van der Waals surface area contributed by atoms with Gasteiger partial charge in [-0.2, -0.15) is 0 Å². The summed E-state index contributed by atoms with van der Waals surface area (Å²) in [5.41, 5.74) is 5.53. The Hall–Kier alpha value is -0.610. The molecule has 0 radical (unpaired) electrons. The first kappa shape index (κ1) is 15.8. The number of carbonyl (C=O) groups excluding carboxylic acids is 1. The Morgan fingerprint density at radius 3 is 2.60 bits per heavy atom. The van der Waals surface area contributed by atoms with E-state index in [2.05, 4.69) is 0 Å². The number of hydrogen-bond acceptors (Lipinski definition) is 4. The highest BCUT2D eigenvalue weighted by Crippen LogP contribution is 2.37. The molecule has 2 rings (SSSR count). The highest BCUT2D eigenvalue weighted by molar-refractivity contribution is 5.81. The maximum atomic E-state index is 12.0. The average molecular weight is 283 g/mol. The van der Waals surface area contributed by atoms with Crippen LogP contribution in [0.3, 0.4) is 0 Å². The van der Waals surface area contributed by atoms with Gasteiger partial charge in [-0.1, -0.05) is 25.7 Å². The molecule has 2 unspecified atom stereocenters. The first-order valence-corrected chi connectivity index (χ1v) is 8.20. The standard InChI is InChI=1S/C16H29NO3/c1-2-20-15(18)16(17)10-4-7-14(16)9-12-19-11-8-13-5-3-6-13/h13-14H,2-12,17H2,1H3. The lowest BCUT2D eigenvalue weighted by Gasteiger charge is -2.29. The zero-order valence-electron chi connectivity index (χ0n) is 12.7. The van der Waals surface area contributed by atoms with Gasteiger partial charge in [-0.25, -0.2) is 0 Å². The Labute approximate surface area is 122 Å². The molecule has 2 fully saturated rings. The van der Waals surface area contributed by atoms with E-state index in [9.17, 15) is 4.79 Å². The SMILES string of the molecule is CCOC(=O)C1(N)CCCC1CCOCCC1CCC1. The first-order chi connectivity index (χ1) is 9.66. The predicted octanol–water partition coefficient (Wildman–Crippen LogP) is 2.64. The Morgan fingerprint density at radius 1 is 1.20 bits per heavy atom. The summed E-state index contributed by atoms with van der Waals surface area (Å²) in [5.74, 6) is 0.886. The number of hydrogen-bond donors (Lipinski definition) is 1. The fourth-order valence-electron chi connectivity index (χ4n) is 3.40. The lowest BCUT2D eigenvalue weighted by atomic mass is 9.83. The Kier molecular flexibility index (Phi) is 5.85. The lowest BCUT2D eigenvalue weighted by molar-refractivity contribution is -0.151. The maximum Gasteiger partial charge on any atom is 0.326 e. The van der Waals surface area contributed by atoms with Crippen LogP contribution in [0.25, 0.3) is 0 Å². The molecule has 0 heterocycles. The van der Waals surface area contributed by atoms with Crippen LogP contribution in [-0.2, 0) is 14.3 Å². The van der Waals surface area contributed by atoms with Crippen molar-refractivity contribution in [2.24, 2.45) is 17.6 Å². The summed E-state index contributed by atoms with van der Waals surface area (Å²) in [6.45, 7) is 3.81. The van der Waals surface area contributed by atoms with Crippen LogP contribution in [-0.4, -0.2) is 31.3 Å². The van der Waals surface area contributed by atoms with E-state index >= 15 is 0 Å². The summed E-state index contributed by atoms with van der Waals surface area (Å²) in [4.78, 5) is 12.0. The summed E-state index contributed by atoms with van der Waals surface area (Å²) in [5, 5.41) is 0. The highest BCUT2D eigenvalue weighted by atomic mass is 16.5. The molecule has 0 bridgehead atoms. The van der Waals surface area contributed by atoms with E-state index in [-0.39, 0.29) is 11.9 Å². The van der Waals surface area contributed by atoms with E-state index in [0.29, 0.717) is 6.61 Å². The summed E-state index contributed by atoms with van der Waals surface area (Å²) in [7, 11) is 0. The lowest BCUT2D eigenvalue weighted by Crippen LogP contribution is -2.52. The molecule has 2 aliphatic carbocycles. The van der Waals surface area contributed by atoms with Gasteiger partial charge < -0.3 is 15.2 Å². The maximum absolute atomic E-state index is 12.0. The van der Waals surface area contributed by atoms with E-state index in [4.69, 9.17) is 15.2 Å². The van der Waals surface area contributed by atoms with Crippen molar-refractivity contribution in [2.45, 2.75) is 63.8 Å². The second-order valence-corrected chi connectivity index (χ2v) is 6.34. The van der Waals surface area contributed by atoms with Crippen molar-refractivity contribution in [1.82, 2.24) is 0 Å². The molecular weight excluding hydrogens is 254 g/mol. The average Bonchev–Trinajstić information content (AvgIpc) is 2.75. The third-order valence-corrected chi connectivity index (χ3v) is 5.03. The first-order valence-electron chi connectivity index (χ1n) is 8.20. The van der Waals surface area contributed by atoms with Crippen LogP contribution < -0.4 is 5.73 Å². The third-order valence-electron chi connectivity index (χ3n) is 5.03. The quantitative estimate of drug-likeness (QED) is 0.549. The molecule has 116 valence electrons. The summed E-state index contributed by atoms with van der Waals surface area (Å²) in [6, 6.07) is 0. The summed E-state index contributed by atoms with van der Waals surface area (Å²) >= 11 is 0. The largest absolute Gasteiger partial charge is 0.465 e. The van der Waals surface area contributed by atoms with E-state index < -0.39 is 5.54 Å². The van der Waals surface area contributed by atoms with E-state index in [1.807, 2.05) is 6.92 Å². The second-order valence-electron chi connectivity index (χ2n) is 6.34. The molecule has 0 aromatic carbocycles. The van der Waals surface area contributed by atoms with Gasteiger partial charge in [0.05, 0.1) is 6.61 Å². The number of nitrogens with two attached hydrogens (primary N) is 1. The van der Waals surface area contributed by atoms with Crippen LogP contribution in [0, 0.1) is 11.8 Å². The normalized spacial score (nSPS) is 30.2. The molecule has 2 N–H and O–H groups in total. The third kappa shape index (κ3) is 3.73. The van der Waals surface area contributed by atoms with Gasteiger partial charge >= 0.3 is 5.97 Å². The van der Waals surface area contributed by atoms with Gasteiger partial charge in [0.2, 0.25) is 0 Å². The molecule has 20 heavy (non-hydrogen) atoms. The number of ether oxygens (including phenoxy) is 2. The Bertz CT molecular complexity index is 317. The van der Waals surface area contributed by atoms with Crippen molar-refractivity contribution < 1.29 is 14.3 Å². The number of carbonyl (C=O) groups is 1. The zero-order valence-corrected chi connectivity index (χ0v) is 12.7. The summed E-state index contributed by atoms with van der Waals surface area (Å²) < 4.78 is 10.9. The van der Waals surface area contributed by atoms with Crippen molar-refractivity contribution in [3.63, 3.8) is 0 Å². The molecule has 0 saturated heterocycles. The molecule has 4 nitrogen and oxygen atoms in total. The van der Waals surface area contributed by atoms with Crippen LogP contribution in [0.2, 0.25) is 0 Å². The molecule has 0 aliphatic heterocycles. The molecule has 0 aromatic rings. The molecule has 2 atom stereocenters. The minimum atomic E-state index is -0.770. The van der Waals surface area contributed by atoms with Crippen molar-refractivity contribution in [3.8, 4) is 0 Å². The van der Waals surface area contributed by atoms with Crippen LogP contribution >= 0.6 is 0 Å². The van der Waals surface area contributed by atoms with Gasteiger partial charge in [-0.3, -0.25) is 4.79 Å². The van der Waals surface area contributed by atoms with E-state index in [0.717, 1.165) is 44.8 Å². The molecule has 0 aromatic heterocycles. The smallest absolute Gasteiger partial charge is 0.326 e. The summed E-state index contributed by atoms with van der Waals surface area (Å²) in [6.07, 6.45) is 8.99. The van der Waals surface area contributed by atoms with Crippen LogP contribution in [0.1, 0.15) is 58.3 Å². The monoisotopic (exact) mass is 283 g/mol. The van der Waals surface area contributed by atoms with Gasteiger partial charge in [0, 0.05) is 13.2 Å². The number of rotatable bonds is 8. The minimum absolute atomic E-state index is 0.213. The molecular formula is C16H29NO3. The second kappa shape index (κ2) is 7.41. The van der Waals surface area contributed by atoms with Crippen molar-refractivity contribution in [3.05, 3.63) is 0 Å². The fourth-order valence-corrected chi connectivity index (χ4v) is 3.40. The van der Waals surface area contributed by atoms with Crippen molar-refractivity contribution in [1.29, 1.82) is 0 Å². The van der Waals surface area contributed by atoms with E-state index in [1.165, 1.54) is 25.7 Å². The van der Waals surface area contributed by atoms with Crippen LogP contribution in [0.15, 0.2) is 0 Å². The van der Waals surface area contributed by atoms with Gasteiger partial charge in [0.15, 0.2) is 0 Å². The van der Waals surface area contributed by atoms with Crippen LogP contribution in [0.4, 0.5) is 0 Å². The predicted molar refractivity (Wildman–Crippen MR) is 78.3 cm³/mol. The zero-order chi connectivity index (χ0) is 14.4. The molecule has 4 heteroatoms. The van der Waals surface area contributed by atoms with Gasteiger partial charge in [0.1, 0.15) is 5.54 Å². The van der Waals surface area contributed by atoms with Gasteiger partial charge in [-0.05, 0) is 44.4 Å². The van der Waals surface area contributed by atoms with Crippen molar-refractivity contribution >= 4 is 5.97 Å². The highest BCUT2D eigenvalue weighted by Gasteiger charge is 2.46. The molecule has 0 spiro atoms. The van der Waals surface area contributed by atoms with E-state index in [1.54, 1.807) is 0 Å².